The number of nitrogens with one attached hydrogen (secondary N) is 4. The zero-order valence-electron chi connectivity index (χ0n) is 32.8. The third-order valence-electron chi connectivity index (χ3n) is 12.1. The van der Waals surface area contributed by atoms with Gasteiger partial charge < -0.3 is 15.7 Å². The number of carboxylic acids is 1. The van der Waals surface area contributed by atoms with Crippen LogP contribution >= 0.6 is 0 Å². The van der Waals surface area contributed by atoms with Crippen molar-refractivity contribution < 1.29 is 41.1 Å². The van der Waals surface area contributed by atoms with E-state index in [1.54, 1.807) is 7.05 Å². The summed E-state index contributed by atoms with van der Waals surface area (Å²) in [6.07, 6.45) is 14.1. The standard InChI is InChI=1S/C22H26N4O4S.C18H20N4O5S/c1-26-18(21(27)13-5-2-6-13)12-19(24-26)31(29,30)25-22(28)23-20-16-9-3-7-14(16)11-15-8-4-10-17(15)20;1-22-14(17(23)24)9-15(20-22)28(26,27)21-18(25)19-16-12-6-2-4-10(12)8-11-5-3-7-13(11)16/h11-13H,2-10H2,1H3,(H2,23,25,28);8-9H,2-7H2,1H3,(H,23,24)(H2,19,21,25). The predicted molar refractivity (Wildman–Crippen MR) is 215 cm³/mol. The Labute approximate surface area is 341 Å². The molecule has 312 valence electrons. The van der Waals surface area contributed by atoms with Crippen LogP contribution in [0.3, 0.4) is 0 Å². The molecule has 1 saturated carbocycles. The van der Waals surface area contributed by atoms with Crippen molar-refractivity contribution in [2.24, 2.45) is 20.0 Å². The molecule has 9 rings (SSSR count). The lowest BCUT2D eigenvalue weighted by atomic mass is 9.81. The number of anilines is 2. The number of aromatic carboxylic acids is 1. The van der Waals surface area contributed by atoms with E-state index in [-0.39, 0.29) is 28.1 Å². The number of Topliss-reactive ketones (excluding diaryl/α,β-unsaturated/α-hetero) is 1. The highest BCUT2D eigenvalue weighted by molar-refractivity contribution is 7.90. The van der Waals surface area contributed by atoms with Crippen LogP contribution in [-0.4, -0.2) is 65.3 Å². The van der Waals surface area contributed by atoms with Crippen molar-refractivity contribution >= 4 is 55.2 Å². The second-order valence-corrected chi connectivity index (χ2v) is 19.1. The summed E-state index contributed by atoms with van der Waals surface area (Å²) in [5.41, 5.74) is 10.8. The van der Waals surface area contributed by atoms with E-state index in [0.717, 1.165) is 141 Å². The first-order valence-electron chi connectivity index (χ1n) is 20.0. The summed E-state index contributed by atoms with van der Waals surface area (Å²) in [6.45, 7) is 0. The van der Waals surface area contributed by atoms with Crippen LogP contribution in [0.1, 0.15) is 110 Å². The number of urea groups is 2. The van der Waals surface area contributed by atoms with Crippen molar-refractivity contribution in [3.8, 4) is 0 Å². The lowest BCUT2D eigenvalue weighted by molar-refractivity contribution is 0.0684. The highest BCUT2D eigenvalue weighted by atomic mass is 32.2. The Morgan fingerprint density at radius 1 is 0.576 bits per heavy atom. The molecular formula is C40H46N8O9S2. The van der Waals surface area contributed by atoms with Gasteiger partial charge in [0.2, 0.25) is 0 Å². The van der Waals surface area contributed by atoms with Crippen molar-refractivity contribution in [1.82, 2.24) is 29.0 Å². The van der Waals surface area contributed by atoms with E-state index in [4.69, 9.17) is 5.11 Å². The van der Waals surface area contributed by atoms with E-state index in [1.807, 2.05) is 4.72 Å². The monoisotopic (exact) mass is 846 g/mol. The summed E-state index contributed by atoms with van der Waals surface area (Å²) in [4.78, 5) is 48.8. The summed E-state index contributed by atoms with van der Waals surface area (Å²) in [5.74, 6) is -1.47. The molecule has 0 aliphatic heterocycles. The minimum Gasteiger partial charge on any atom is -0.477 e. The fourth-order valence-corrected chi connectivity index (χ4v) is 10.8. The lowest BCUT2D eigenvalue weighted by Gasteiger charge is -2.23. The van der Waals surface area contributed by atoms with Gasteiger partial charge in [0.15, 0.2) is 15.8 Å². The van der Waals surface area contributed by atoms with Crippen LogP contribution in [0.4, 0.5) is 21.0 Å². The molecule has 0 unspecified atom stereocenters. The molecular weight excluding hydrogens is 801 g/mol. The molecule has 5 N–H and O–H groups in total. The number of ketones is 1. The van der Waals surface area contributed by atoms with Gasteiger partial charge in [0.1, 0.15) is 11.4 Å². The van der Waals surface area contributed by atoms with Gasteiger partial charge in [-0.25, -0.2) is 23.8 Å². The molecule has 1 fully saturated rings. The molecule has 59 heavy (non-hydrogen) atoms. The Bertz CT molecular complexity index is 2600. The quantitative estimate of drug-likeness (QED) is 0.147. The van der Waals surface area contributed by atoms with Crippen LogP contribution in [-0.2, 0) is 85.5 Å². The van der Waals surface area contributed by atoms with Crippen molar-refractivity contribution in [3.05, 3.63) is 80.2 Å². The number of carbonyl (C=O) groups is 4. The number of aromatic nitrogens is 4. The highest BCUT2D eigenvalue weighted by Gasteiger charge is 2.33. The average molecular weight is 847 g/mol. The minimum absolute atomic E-state index is 0.0653. The lowest BCUT2D eigenvalue weighted by Crippen LogP contribution is -2.35. The van der Waals surface area contributed by atoms with E-state index >= 15 is 0 Å². The molecule has 0 radical (unpaired) electrons. The molecule has 2 aromatic carbocycles. The second kappa shape index (κ2) is 15.6. The van der Waals surface area contributed by atoms with Gasteiger partial charge in [0, 0.05) is 43.5 Å². The van der Waals surface area contributed by atoms with Crippen LogP contribution in [0, 0.1) is 5.92 Å². The number of benzene rings is 2. The van der Waals surface area contributed by atoms with Crippen LogP contribution in [0.25, 0.3) is 0 Å². The maximum atomic E-state index is 12.8. The molecule has 4 aromatic rings. The molecule has 0 saturated heterocycles. The summed E-state index contributed by atoms with van der Waals surface area (Å²) in [5, 5.41) is 21.4. The number of carbonyl (C=O) groups excluding carboxylic acids is 3. The fraction of sp³-hybridized carbons (Fsp3) is 0.450. The van der Waals surface area contributed by atoms with Crippen LogP contribution in [0.15, 0.2) is 34.3 Å². The van der Waals surface area contributed by atoms with E-state index in [2.05, 4.69) is 37.7 Å². The average Bonchev–Trinajstić information content (AvgIpc) is 3.99. The molecule has 4 amide bonds. The van der Waals surface area contributed by atoms with Crippen LogP contribution in [0.2, 0.25) is 0 Å². The summed E-state index contributed by atoms with van der Waals surface area (Å²) in [7, 11) is -5.64. The van der Waals surface area contributed by atoms with Gasteiger partial charge in [-0.15, -0.1) is 0 Å². The number of fused-ring (bicyclic) bond motifs is 4. The molecule has 19 heteroatoms. The highest BCUT2D eigenvalue weighted by Crippen LogP contribution is 2.40. The topological polar surface area (TPSA) is 241 Å². The molecule has 0 bridgehead atoms. The van der Waals surface area contributed by atoms with Gasteiger partial charge >= 0.3 is 18.0 Å². The van der Waals surface area contributed by atoms with E-state index in [9.17, 15) is 36.0 Å². The summed E-state index contributed by atoms with van der Waals surface area (Å²) in [6, 6.07) is 4.96. The maximum Gasteiger partial charge on any atom is 0.354 e. The van der Waals surface area contributed by atoms with Gasteiger partial charge in [-0.1, -0.05) is 18.6 Å². The first-order valence-corrected chi connectivity index (χ1v) is 22.9. The normalized spacial score (nSPS) is 16.5. The number of amides is 4. The number of hydrogen-bond donors (Lipinski definition) is 5. The van der Waals surface area contributed by atoms with Gasteiger partial charge in [0.05, 0.1) is 0 Å². The Balaban J connectivity index is 0.000000165. The predicted octanol–water partition coefficient (Wildman–Crippen LogP) is 4.50. The number of sulfonamides is 2. The molecule has 5 aliphatic carbocycles. The van der Waals surface area contributed by atoms with Crippen molar-refractivity contribution in [3.63, 3.8) is 0 Å². The van der Waals surface area contributed by atoms with E-state index in [1.165, 1.54) is 40.0 Å². The number of rotatable bonds is 9. The van der Waals surface area contributed by atoms with Crippen molar-refractivity contribution in [2.45, 2.75) is 106 Å². The Morgan fingerprint density at radius 2 is 0.949 bits per heavy atom. The number of carboxylic acid groups (broad SMARTS) is 1. The first kappa shape index (κ1) is 40.2. The zero-order chi connectivity index (χ0) is 41.8. The van der Waals surface area contributed by atoms with Crippen molar-refractivity contribution in [2.75, 3.05) is 10.6 Å². The van der Waals surface area contributed by atoms with E-state index < -0.39 is 43.1 Å². The second-order valence-electron chi connectivity index (χ2n) is 15.9. The van der Waals surface area contributed by atoms with Gasteiger partial charge in [0.25, 0.3) is 20.0 Å². The Kier molecular flexibility index (Phi) is 10.6. The molecule has 2 heterocycles. The van der Waals surface area contributed by atoms with Crippen molar-refractivity contribution in [1.29, 1.82) is 0 Å². The Morgan fingerprint density at radius 3 is 1.29 bits per heavy atom. The van der Waals surface area contributed by atoms with Crippen LogP contribution in [0.5, 0.6) is 0 Å². The fourth-order valence-electron chi connectivity index (χ4n) is 9.02. The first-order chi connectivity index (χ1) is 28.1. The SMILES string of the molecule is Cn1nc(S(=O)(=O)NC(=O)Nc2c3c(cc4c2CCC4)CCC3)cc1C(=O)C1CCC1.Cn1nc(S(=O)(=O)NC(=O)Nc2c3c(cc4c2CCC4)CCC3)cc1C(=O)O. The molecule has 5 aliphatic rings. The summed E-state index contributed by atoms with van der Waals surface area (Å²) >= 11 is 0. The third-order valence-corrected chi connectivity index (χ3v) is 14.5. The largest absolute Gasteiger partial charge is 0.477 e. The number of aryl methyl sites for hydroxylation is 6. The van der Waals surface area contributed by atoms with Gasteiger partial charge in [-0.3, -0.25) is 14.2 Å². The van der Waals surface area contributed by atoms with E-state index in [0.29, 0.717) is 0 Å². The van der Waals surface area contributed by atoms with Gasteiger partial charge in [-0.05, 0) is 134 Å². The molecule has 2 aromatic heterocycles. The Hall–Kier alpha value is -5.56. The number of hydrogen-bond acceptors (Lipinski definition) is 10. The summed E-state index contributed by atoms with van der Waals surface area (Å²) < 4.78 is 56.7. The van der Waals surface area contributed by atoms with Gasteiger partial charge in [-0.2, -0.15) is 27.0 Å². The zero-order valence-corrected chi connectivity index (χ0v) is 34.4. The smallest absolute Gasteiger partial charge is 0.354 e. The third kappa shape index (κ3) is 7.84. The molecule has 0 spiro atoms. The minimum atomic E-state index is -4.30. The maximum absolute atomic E-state index is 12.8. The molecule has 17 nitrogen and oxygen atoms in total. The molecule has 0 atom stereocenters. The van der Waals surface area contributed by atoms with Crippen LogP contribution < -0.4 is 20.1 Å². The number of nitrogens with zero attached hydrogens (tertiary/aromatic N) is 4.